The number of hydrogen-bond acceptors (Lipinski definition) is 8. The van der Waals surface area contributed by atoms with Crippen molar-refractivity contribution in [3.05, 3.63) is 42.1 Å². The Bertz CT molecular complexity index is 1390. The fourth-order valence-corrected chi connectivity index (χ4v) is 7.66. The molecule has 44 heavy (non-hydrogen) atoms. The Kier molecular flexibility index (Phi) is 8.34. The molecule has 4 heterocycles. The third-order valence-electron chi connectivity index (χ3n) is 10.3. The lowest BCUT2D eigenvalue weighted by Gasteiger charge is -2.55. The van der Waals surface area contributed by atoms with Crippen molar-refractivity contribution in [3.8, 4) is 11.5 Å². The largest absolute Gasteiger partial charge is 0.451 e. The quantitative estimate of drug-likeness (QED) is 0.446. The highest BCUT2D eigenvalue weighted by molar-refractivity contribution is 6.38. The van der Waals surface area contributed by atoms with Gasteiger partial charge in [-0.3, -0.25) is 14.4 Å². The van der Waals surface area contributed by atoms with E-state index in [9.17, 15) is 18.8 Å². The van der Waals surface area contributed by atoms with Gasteiger partial charge in [0.05, 0.1) is 11.8 Å². The van der Waals surface area contributed by atoms with Crippen molar-refractivity contribution in [3.63, 3.8) is 0 Å². The van der Waals surface area contributed by atoms with Crippen molar-refractivity contribution in [1.82, 2.24) is 25.1 Å². The van der Waals surface area contributed by atoms with E-state index in [0.29, 0.717) is 30.5 Å². The van der Waals surface area contributed by atoms with Gasteiger partial charge in [0.25, 0.3) is 11.8 Å². The number of nitrogens with one attached hydrogen (secondary N) is 1. The molecular weight excluding hydrogens is 563 g/mol. The molecule has 236 valence electrons. The summed E-state index contributed by atoms with van der Waals surface area (Å²) in [4.78, 5) is 52.0. The third kappa shape index (κ3) is 6.03. The van der Waals surface area contributed by atoms with Gasteiger partial charge in [-0.15, -0.1) is 0 Å². The molecule has 3 aliphatic heterocycles. The highest BCUT2D eigenvalue weighted by Gasteiger charge is 2.48. The van der Waals surface area contributed by atoms with Crippen LogP contribution in [-0.4, -0.2) is 88.2 Å². The van der Waals surface area contributed by atoms with Gasteiger partial charge >= 0.3 is 0 Å². The number of ketones is 1. The molecule has 0 atom stereocenters. The van der Waals surface area contributed by atoms with E-state index in [1.165, 1.54) is 24.5 Å². The molecule has 0 bridgehead atoms. The van der Waals surface area contributed by atoms with Crippen LogP contribution in [0, 0.1) is 17.2 Å². The molecule has 1 saturated carbocycles. The van der Waals surface area contributed by atoms with Crippen molar-refractivity contribution in [1.29, 1.82) is 0 Å². The van der Waals surface area contributed by atoms with Crippen LogP contribution in [0.3, 0.4) is 0 Å². The van der Waals surface area contributed by atoms with Gasteiger partial charge in [-0.25, -0.2) is 14.4 Å². The van der Waals surface area contributed by atoms with Crippen molar-refractivity contribution in [2.45, 2.75) is 77.3 Å². The maximum Gasteiger partial charge on any atom is 0.287 e. The van der Waals surface area contributed by atoms with Crippen LogP contribution in [0.2, 0.25) is 0 Å². The van der Waals surface area contributed by atoms with Crippen LogP contribution in [0.25, 0.3) is 0 Å². The summed E-state index contributed by atoms with van der Waals surface area (Å²) in [6.45, 7) is 11.2. The first-order chi connectivity index (χ1) is 21.1. The molecule has 6 rings (SSSR count). The molecule has 3 saturated heterocycles. The minimum absolute atomic E-state index is 0.0363. The number of aromatic nitrogens is 2. The van der Waals surface area contributed by atoms with Crippen molar-refractivity contribution >= 4 is 23.4 Å². The van der Waals surface area contributed by atoms with Gasteiger partial charge in [-0.05, 0) is 96.5 Å². The maximum absolute atomic E-state index is 14.2. The fourth-order valence-electron chi connectivity index (χ4n) is 7.66. The number of likely N-dealkylation sites (tertiary alicyclic amines) is 1. The Morgan fingerprint density at radius 3 is 2.50 bits per heavy atom. The fraction of sp³-hybridized carbons (Fsp3) is 0.606. The number of amides is 2. The van der Waals surface area contributed by atoms with Gasteiger partial charge in [0.1, 0.15) is 17.9 Å². The molecule has 10 nitrogen and oxygen atoms in total. The number of halogens is 1. The van der Waals surface area contributed by atoms with E-state index in [0.717, 1.165) is 71.2 Å². The molecular formula is C33H43FN6O4. The summed E-state index contributed by atoms with van der Waals surface area (Å²) in [6.07, 6.45) is 9.60. The second-order valence-corrected chi connectivity index (χ2v) is 13.6. The van der Waals surface area contributed by atoms with Crippen LogP contribution in [0.4, 0.5) is 10.2 Å². The zero-order valence-corrected chi connectivity index (χ0v) is 26.0. The average Bonchev–Trinajstić information content (AvgIpc) is 3.27. The molecule has 0 unspecified atom stereocenters. The normalized spacial score (nSPS) is 24.9. The van der Waals surface area contributed by atoms with Crippen molar-refractivity contribution in [2.24, 2.45) is 11.3 Å². The molecule has 2 amide bonds. The molecule has 1 aromatic carbocycles. The molecule has 11 heteroatoms. The Morgan fingerprint density at radius 2 is 1.86 bits per heavy atom. The van der Waals surface area contributed by atoms with E-state index in [-0.39, 0.29) is 40.0 Å². The first kappa shape index (κ1) is 30.4. The number of benzene rings is 1. The molecule has 4 fully saturated rings. The third-order valence-corrected chi connectivity index (χ3v) is 10.3. The highest BCUT2D eigenvalue weighted by atomic mass is 19.1. The van der Waals surface area contributed by atoms with Crippen molar-refractivity contribution in [2.75, 3.05) is 44.2 Å². The number of carbonyl (C=O) groups excluding carboxylic acids is 3. The van der Waals surface area contributed by atoms with Gasteiger partial charge in [0.2, 0.25) is 5.78 Å². The summed E-state index contributed by atoms with van der Waals surface area (Å²) >= 11 is 0. The van der Waals surface area contributed by atoms with Gasteiger partial charge in [-0.2, -0.15) is 0 Å². The number of nitrogens with zero attached hydrogens (tertiary/aromatic N) is 5. The predicted octanol–water partition coefficient (Wildman–Crippen LogP) is 4.20. The van der Waals surface area contributed by atoms with Crippen LogP contribution in [0.15, 0.2) is 30.7 Å². The average molecular weight is 607 g/mol. The smallest absolute Gasteiger partial charge is 0.287 e. The first-order valence-corrected chi connectivity index (χ1v) is 16.0. The summed E-state index contributed by atoms with van der Waals surface area (Å²) < 4.78 is 20.5. The molecule has 1 aromatic heterocycles. The van der Waals surface area contributed by atoms with E-state index in [2.05, 4.69) is 25.1 Å². The molecule has 2 aromatic rings. The maximum atomic E-state index is 14.2. The topological polar surface area (TPSA) is 108 Å². The number of ether oxygens (including phenoxy) is 1. The molecule has 1 N–H and O–H groups in total. The highest BCUT2D eigenvalue weighted by Crippen LogP contribution is 2.45. The van der Waals surface area contributed by atoms with Gasteiger partial charge in [0, 0.05) is 49.6 Å². The summed E-state index contributed by atoms with van der Waals surface area (Å²) in [5.74, 6) is 0.578. The predicted molar refractivity (Wildman–Crippen MR) is 163 cm³/mol. The zero-order chi connectivity index (χ0) is 31.1. The minimum Gasteiger partial charge on any atom is -0.451 e. The van der Waals surface area contributed by atoms with Gasteiger partial charge < -0.3 is 24.8 Å². The Labute approximate surface area is 258 Å². The second-order valence-electron chi connectivity index (χ2n) is 13.6. The number of piperidine rings is 1. The summed E-state index contributed by atoms with van der Waals surface area (Å²) in [5.41, 5.74) is 0.130. The lowest BCUT2D eigenvalue weighted by atomic mass is 9.71. The van der Waals surface area contributed by atoms with E-state index >= 15 is 0 Å². The van der Waals surface area contributed by atoms with Crippen LogP contribution in [0.1, 0.15) is 76.1 Å². The number of anilines is 1. The number of rotatable bonds is 8. The van der Waals surface area contributed by atoms with E-state index in [1.54, 1.807) is 11.1 Å². The van der Waals surface area contributed by atoms with Crippen LogP contribution >= 0.6 is 0 Å². The van der Waals surface area contributed by atoms with Gasteiger partial charge in [-0.1, -0.05) is 0 Å². The Balaban J connectivity index is 1.04. The zero-order valence-electron chi connectivity index (χ0n) is 26.0. The summed E-state index contributed by atoms with van der Waals surface area (Å²) in [7, 11) is 0. The summed E-state index contributed by atoms with van der Waals surface area (Å²) in [5, 5.41) is 2.97. The van der Waals surface area contributed by atoms with Crippen molar-refractivity contribution < 1.29 is 23.5 Å². The van der Waals surface area contributed by atoms with Crippen LogP contribution < -0.4 is 15.0 Å². The molecule has 2 spiro atoms. The summed E-state index contributed by atoms with van der Waals surface area (Å²) in [6, 6.07) is 3.99. The molecule has 1 aliphatic carbocycles. The number of Topliss-reactive ketones (excluding diaryl/α,β-unsaturated/α-hetero) is 1. The number of carbonyl (C=O) groups is 3. The molecule has 0 radical (unpaired) electrons. The van der Waals surface area contributed by atoms with E-state index in [4.69, 9.17) is 4.74 Å². The Morgan fingerprint density at radius 1 is 1.14 bits per heavy atom. The monoisotopic (exact) mass is 606 g/mol. The number of hydrogen-bond donors (Lipinski definition) is 1. The SMILES string of the molecule is CCN(C(=O)c1cc(F)ccc1Oc1cncnc1N1CC2(CCN(CC3CCC4(CC3)CC(=O)C(=O)N4)CC2)C1)C(C)C. The second kappa shape index (κ2) is 12.1. The van der Waals surface area contributed by atoms with Gasteiger partial charge in [0.15, 0.2) is 11.6 Å². The molecule has 4 aliphatic rings. The van der Waals surface area contributed by atoms with E-state index < -0.39 is 11.7 Å². The minimum atomic E-state index is -0.493. The standard InChI is InChI=1S/C33H43FN6O4/c1-4-40(22(2)3)31(43)25-15-24(34)5-6-27(25)44-28-17-35-21-36-29(28)39-19-32(20-39)11-13-38(14-12-32)18-23-7-9-33(10-8-23)16-26(41)30(42)37-33/h5-6,15,17,21-23H,4,7-14,16,18-20H2,1-3H3,(H,37,42). The van der Waals surface area contributed by atoms with Crippen LogP contribution in [-0.2, 0) is 9.59 Å². The van der Waals surface area contributed by atoms with Crippen LogP contribution in [0.5, 0.6) is 11.5 Å². The first-order valence-electron chi connectivity index (χ1n) is 16.0. The lowest BCUT2D eigenvalue weighted by molar-refractivity contribution is -0.135. The van der Waals surface area contributed by atoms with E-state index in [1.807, 2.05) is 20.8 Å². The lowest BCUT2D eigenvalue weighted by Crippen LogP contribution is -2.61. The Hall–Kier alpha value is -3.60.